The van der Waals surface area contributed by atoms with Gasteiger partial charge in [-0.3, -0.25) is 9.59 Å². The van der Waals surface area contributed by atoms with Crippen LogP contribution in [0, 0.1) is 5.92 Å². The first-order chi connectivity index (χ1) is 11.8. The summed E-state index contributed by atoms with van der Waals surface area (Å²) in [6.07, 6.45) is 3.36. The Morgan fingerprint density at radius 1 is 1.20 bits per heavy atom. The van der Waals surface area contributed by atoms with Gasteiger partial charge in [-0.05, 0) is 43.5 Å². The molecule has 1 aliphatic rings. The van der Waals surface area contributed by atoms with Gasteiger partial charge in [0.05, 0.1) is 11.5 Å². The molecule has 2 rings (SSSR count). The molecule has 1 fully saturated rings. The number of sulfone groups is 1. The normalized spacial score (nSPS) is 15.8. The number of hydrogen-bond acceptors (Lipinski definition) is 5. The van der Waals surface area contributed by atoms with E-state index >= 15 is 0 Å². The minimum absolute atomic E-state index is 0.0546. The highest BCUT2D eigenvalue weighted by atomic mass is 32.2. The van der Waals surface area contributed by atoms with Crippen LogP contribution in [0.4, 0.5) is 0 Å². The van der Waals surface area contributed by atoms with Gasteiger partial charge in [-0.2, -0.15) is 0 Å². The molecular weight excluding hydrogens is 344 g/mol. The highest BCUT2D eigenvalue weighted by Gasteiger charge is 2.25. The molecule has 1 aromatic rings. The molecule has 2 amide bonds. The predicted octanol–water partition coefficient (Wildman–Crippen LogP) is 0.973. The van der Waals surface area contributed by atoms with Crippen LogP contribution < -0.4 is 10.5 Å². The van der Waals surface area contributed by atoms with E-state index in [1.807, 2.05) is 0 Å². The summed E-state index contributed by atoms with van der Waals surface area (Å²) in [7, 11) is -3.21. The van der Waals surface area contributed by atoms with Gasteiger partial charge in [0, 0.05) is 31.7 Å². The zero-order valence-corrected chi connectivity index (χ0v) is 15.1. The first kappa shape index (κ1) is 19.2. The molecule has 0 bridgehead atoms. The van der Waals surface area contributed by atoms with Crippen molar-refractivity contribution in [2.24, 2.45) is 11.7 Å². The quantitative estimate of drug-likeness (QED) is 0.722. The number of carbonyl (C=O) groups is 2. The number of benzene rings is 1. The zero-order chi connectivity index (χ0) is 18.4. The largest absolute Gasteiger partial charge is 0.494 e. The maximum absolute atomic E-state index is 12.1. The number of hydrogen-bond donors (Lipinski definition) is 1. The molecule has 1 aliphatic heterocycles. The lowest BCUT2D eigenvalue weighted by atomic mass is 9.96. The number of carbonyl (C=O) groups excluding carboxylic acids is 2. The highest BCUT2D eigenvalue weighted by Crippen LogP contribution is 2.18. The number of likely N-dealkylation sites (tertiary alicyclic amines) is 1. The molecule has 7 nitrogen and oxygen atoms in total. The van der Waals surface area contributed by atoms with E-state index in [4.69, 9.17) is 10.5 Å². The molecule has 2 N–H and O–H groups in total. The van der Waals surface area contributed by atoms with Crippen LogP contribution in [0.5, 0.6) is 5.75 Å². The van der Waals surface area contributed by atoms with E-state index in [1.165, 1.54) is 12.1 Å². The van der Waals surface area contributed by atoms with Crippen LogP contribution in [-0.2, 0) is 19.4 Å². The van der Waals surface area contributed by atoms with Crippen molar-refractivity contribution in [2.45, 2.75) is 30.6 Å². The van der Waals surface area contributed by atoms with Gasteiger partial charge in [-0.1, -0.05) is 0 Å². The molecule has 0 aliphatic carbocycles. The van der Waals surface area contributed by atoms with Crippen molar-refractivity contribution in [3.63, 3.8) is 0 Å². The Morgan fingerprint density at radius 2 is 1.80 bits per heavy atom. The van der Waals surface area contributed by atoms with Crippen molar-refractivity contribution < 1.29 is 22.7 Å². The van der Waals surface area contributed by atoms with Crippen LogP contribution >= 0.6 is 0 Å². The van der Waals surface area contributed by atoms with Crippen LogP contribution in [0.3, 0.4) is 0 Å². The summed E-state index contributed by atoms with van der Waals surface area (Å²) in [5, 5.41) is 0. The third-order valence-corrected chi connectivity index (χ3v) is 5.43. The Balaban J connectivity index is 1.69. The van der Waals surface area contributed by atoms with Gasteiger partial charge in [0.25, 0.3) is 0 Å². The molecule has 1 aromatic carbocycles. The molecule has 25 heavy (non-hydrogen) atoms. The average molecular weight is 368 g/mol. The van der Waals surface area contributed by atoms with Crippen molar-refractivity contribution in [2.75, 3.05) is 26.0 Å². The monoisotopic (exact) mass is 368 g/mol. The van der Waals surface area contributed by atoms with Gasteiger partial charge < -0.3 is 15.4 Å². The molecular formula is C17H24N2O5S. The number of amides is 2. The van der Waals surface area contributed by atoms with Gasteiger partial charge in [0.15, 0.2) is 9.84 Å². The van der Waals surface area contributed by atoms with Crippen molar-refractivity contribution in [3.05, 3.63) is 24.3 Å². The fourth-order valence-electron chi connectivity index (χ4n) is 2.77. The lowest BCUT2D eigenvalue weighted by Crippen LogP contribution is -2.41. The number of nitrogens with zero attached hydrogens (tertiary/aromatic N) is 1. The lowest BCUT2D eigenvalue weighted by molar-refractivity contribution is -0.135. The number of rotatable bonds is 7. The lowest BCUT2D eigenvalue weighted by Gasteiger charge is -2.30. The zero-order valence-electron chi connectivity index (χ0n) is 14.3. The summed E-state index contributed by atoms with van der Waals surface area (Å²) in [5.41, 5.74) is 5.28. The van der Waals surface area contributed by atoms with Crippen LogP contribution in [0.15, 0.2) is 29.2 Å². The Hall–Kier alpha value is -2.09. The smallest absolute Gasteiger partial charge is 0.222 e. The molecule has 138 valence electrons. The summed E-state index contributed by atoms with van der Waals surface area (Å²) in [6, 6.07) is 6.21. The molecule has 0 spiro atoms. The fourth-order valence-corrected chi connectivity index (χ4v) is 3.40. The molecule has 0 atom stereocenters. The molecule has 0 unspecified atom stereocenters. The number of piperidine rings is 1. The minimum atomic E-state index is -3.21. The summed E-state index contributed by atoms with van der Waals surface area (Å²) < 4.78 is 28.3. The van der Waals surface area contributed by atoms with E-state index < -0.39 is 9.84 Å². The number of primary amides is 1. The van der Waals surface area contributed by atoms with E-state index in [9.17, 15) is 18.0 Å². The molecule has 0 aromatic heterocycles. The minimum Gasteiger partial charge on any atom is -0.494 e. The fraction of sp³-hybridized carbons (Fsp3) is 0.529. The topological polar surface area (TPSA) is 107 Å². The second kappa shape index (κ2) is 8.33. The maximum atomic E-state index is 12.1. The van der Waals surface area contributed by atoms with E-state index in [1.54, 1.807) is 17.0 Å². The number of ether oxygens (including phenoxy) is 1. The summed E-state index contributed by atoms with van der Waals surface area (Å²) >= 11 is 0. The first-order valence-electron chi connectivity index (χ1n) is 8.27. The van der Waals surface area contributed by atoms with Crippen molar-refractivity contribution in [3.8, 4) is 5.75 Å². The Labute approximate surface area is 148 Å². The van der Waals surface area contributed by atoms with Gasteiger partial charge in [-0.15, -0.1) is 0 Å². The van der Waals surface area contributed by atoms with Gasteiger partial charge in [-0.25, -0.2) is 8.42 Å². The highest BCUT2D eigenvalue weighted by molar-refractivity contribution is 7.90. The van der Waals surface area contributed by atoms with Crippen LogP contribution in [0.2, 0.25) is 0 Å². The molecule has 0 saturated carbocycles. The van der Waals surface area contributed by atoms with Gasteiger partial charge >= 0.3 is 0 Å². The van der Waals surface area contributed by atoms with Crippen molar-refractivity contribution >= 4 is 21.7 Å². The summed E-state index contributed by atoms with van der Waals surface area (Å²) in [6.45, 7) is 1.52. The van der Waals surface area contributed by atoms with Crippen LogP contribution in [-0.4, -0.2) is 51.1 Å². The Kier molecular flexibility index (Phi) is 6.41. The maximum Gasteiger partial charge on any atom is 0.222 e. The second-order valence-electron chi connectivity index (χ2n) is 6.25. The summed E-state index contributed by atoms with van der Waals surface area (Å²) in [4.78, 5) is 25.3. The van der Waals surface area contributed by atoms with E-state index in [-0.39, 0.29) is 22.6 Å². The van der Waals surface area contributed by atoms with Gasteiger partial charge in [0.1, 0.15) is 5.75 Å². The predicted molar refractivity (Wildman–Crippen MR) is 92.8 cm³/mol. The second-order valence-corrected chi connectivity index (χ2v) is 8.27. The first-order valence-corrected chi connectivity index (χ1v) is 10.2. The van der Waals surface area contributed by atoms with Crippen LogP contribution in [0.1, 0.15) is 25.7 Å². The Morgan fingerprint density at radius 3 is 2.32 bits per heavy atom. The van der Waals surface area contributed by atoms with Crippen molar-refractivity contribution in [1.29, 1.82) is 0 Å². The average Bonchev–Trinajstić information content (AvgIpc) is 2.58. The van der Waals surface area contributed by atoms with Crippen LogP contribution in [0.25, 0.3) is 0 Å². The Bertz CT molecular complexity index is 707. The molecule has 1 saturated heterocycles. The van der Waals surface area contributed by atoms with E-state index in [2.05, 4.69) is 0 Å². The standard InChI is InChI=1S/C17H24N2O5S/c1-25(22,23)15-6-4-14(5-7-15)24-12-2-3-16(20)19-10-8-13(9-11-19)17(18)21/h4-7,13H,2-3,8-12H2,1H3,(H2,18,21). The van der Waals surface area contributed by atoms with E-state index in [0.29, 0.717) is 51.1 Å². The molecule has 8 heteroatoms. The third kappa shape index (κ3) is 5.74. The summed E-state index contributed by atoms with van der Waals surface area (Å²) in [5.74, 6) is 0.214. The van der Waals surface area contributed by atoms with Gasteiger partial charge in [0.2, 0.25) is 11.8 Å². The third-order valence-electron chi connectivity index (χ3n) is 4.31. The number of nitrogens with two attached hydrogens (primary N) is 1. The van der Waals surface area contributed by atoms with Crippen molar-refractivity contribution in [1.82, 2.24) is 4.90 Å². The molecule has 0 radical (unpaired) electrons. The molecule has 1 heterocycles. The SMILES string of the molecule is CS(=O)(=O)c1ccc(OCCCC(=O)N2CCC(C(N)=O)CC2)cc1. The van der Waals surface area contributed by atoms with E-state index in [0.717, 1.165) is 6.26 Å².